The molecule has 5 nitrogen and oxygen atoms in total. The second-order valence-electron chi connectivity index (χ2n) is 6.02. The van der Waals surface area contributed by atoms with Gasteiger partial charge in [-0.05, 0) is 12.8 Å². The topological polar surface area (TPSA) is 38.8 Å². The van der Waals surface area contributed by atoms with Gasteiger partial charge in [-0.25, -0.2) is 4.79 Å². The van der Waals surface area contributed by atoms with Crippen molar-refractivity contribution in [2.75, 3.05) is 52.4 Å². The van der Waals surface area contributed by atoms with Crippen LogP contribution < -0.4 is 5.32 Å². The molecule has 3 aliphatic heterocycles. The van der Waals surface area contributed by atoms with E-state index in [1.165, 1.54) is 25.7 Å². The molecule has 3 heterocycles. The molecule has 3 aliphatic rings. The van der Waals surface area contributed by atoms with Gasteiger partial charge >= 0.3 is 6.03 Å². The summed E-state index contributed by atoms with van der Waals surface area (Å²) >= 11 is 0. The Balaban J connectivity index is 1.48. The molecule has 0 spiro atoms. The Bertz CT molecular complexity index is 303. The number of carbonyl (C=O) groups excluding carboxylic acids is 1. The van der Waals surface area contributed by atoms with E-state index in [9.17, 15) is 4.79 Å². The fraction of sp³-hybridized carbons (Fsp3) is 0.929. The van der Waals surface area contributed by atoms with Crippen LogP contribution in [0.5, 0.6) is 0 Å². The van der Waals surface area contributed by atoms with E-state index in [-0.39, 0.29) is 6.03 Å². The van der Waals surface area contributed by atoms with Crippen molar-refractivity contribution in [3.63, 3.8) is 0 Å². The fourth-order valence-corrected chi connectivity index (χ4v) is 3.27. The van der Waals surface area contributed by atoms with Gasteiger partial charge in [-0.2, -0.15) is 0 Å². The molecule has 3 rings (SSSR count). The highest BCUT2D eigenvalue weighted by atomic mass is 16.2. The Morgan fingerprint density at radius 2 is 1.37 bits per heavy atom. The number of hydrogen-bond acceptors (Lipinski definition) is 3. The molecule has 0 radical (unpaired) electrons. The maximum atomic E-state index is 12.5. The van der Waals surface area contributed by atoms with E-state index < -0.39 is 0 Å². The van der Waals surface area contributed by atoms with Gasteiger partial charge in [0, 0.05) is 58.4 Å². The Hall–Kier alpha value is -0.810. The summed E-state index contributed by atoms with van der Waals surface area (Å²) in [5.41, 5.74) is 0. The summed E-state index contributed by atoms with van der Waals surface area (Å²) < 4.78 is 0. The van der Waals surface area contributed by atoms with Crippen LogP contribution in [-0.4, -0.2) is 79.1 Å². The first-order chi connectivity index (χ1) is 9.34. The van der Waals surface area contributed by atoms with Crippen LogP contribution in [0.2, 0.25) is 0 Å². The van der Waals surface area contributed by atoms with Crippen molar-refractivity contribution in [2.24, 2.45) is 0 Å². The number of carbonyl (C=O) groups is 1. The third kappa shape index (κ3) is 3.03. The molecule has 2 amide bonds. The Kier molecular flexibility index (Phi) is 4.23. The molecule has 0 aromatic heterocycles. The first-order valence-electron chi connectivity index (χ1n) is 7.83. The molecule has 0 aliphatic carbocycles. The monoisotopic (exact) mass is 266 g/mol. The first-order valence-corrected chi connectivity index (χ1v) is 7.83. The third-order valence-electron chi connectivity index (χ3n) is 4.74. The van der Waals surface area contributed by atoms with Crippen LogP contribution in [0.3, 0.4) is 0 Å². The standard InChI is InChI=1S/C14H26N4O/c19-14(17-5-3-1-2-4-6-17)18-9-7-16(8-10-18)13-11-15-12-13/h13,15H,1-12H2. The van der Waals surface area contributed by atoms with E-state index in [1.54, 1.807) is 0 Å². The highest BCUT2D eigenvalue weighted by molar-refractivity contribution is 5.74. The minimum Gasteiger partial charge on any atom is -0.325 e. The van der Waals surface area contributed by atoms with Crippen molar-refractivity contribution < 1.29 is 4.79 Å². The van der Waals surface area contributed by atoms with Crippen molar-refractivity contribution in [2.45, 2.75) is 31.7 Å². The number of hydrogen-bond donors (Lipinski definition) is 1. The second-order valence-corrected chi connectivity index (χ2v) is 6.02. The smallest absolute Gasteiger partial charge is 0.320 e. The molecule has 19 heavy (non-hydrogen) atoms. The van der Waals surface area contributed by atoms with Crippen molar-refractivity contribution in [1.82, 2.24) is 20.0 Å². The Morgan fingerprint density at radius 1 is 0.789 bits per heavy atom. The molecule has 0 saturated carbocycles. The molecule has 0 atom stereocenters. The number of nitrogens with one attached hydrogen (secondary N) is 1. The van der Waals surface area contributed by atoms with E-state index in [4.69, 9.17) is 0 Å². The van der Waals surface area contributed by atoms with Crippen LogP contribution in [0.4, 0.5) is 4.79 Å². The van der Waals surface area contributed by atoms with Gasteiger partial charge in [-0.3, -0.25) is 4.90 Å². The van der Waals surface area contributed by atoms with E-state index in [2.05, 4.69) is 20.0 Å². The van der Waals surface area contributed by atoms with Crippen molar-refractivity contribution in [3.8, 4) is 0 Å². The van der Waals surface area contributed by atoms with Gasteiger partial charge in [-0.1, -0.05) is 12.8 Å². The quantitative estimate of drug-likeness (QED) is 0.754. The second kappa shape index (κ2) is 6.09. The van der Waals surface area contributed by atoms with Gasteiger partial charge in [0.25, 0.3) is 0 Å². The van der Waals surface area contributed by atoms with E-state index in [1.807, 2.05) is 0 Å². The van der Waals surface area contributed by atoms with Crippen LogP contribution in [0.1, 0.15) is 25.7 Å². The SMILES string of the molecule is O=C(N1CCCCCC1)N1CCN(C2CNC2)CC1. The summed E-state index contributed by atoms with van der Waals surface area (Å²) in [7, 11) is 0. The third-order valence-corrected chi connectivity index (χ3v) is 4.74. The number of amides is 2. The summed E-state index contributed by atoms with van der Waals surface area (Å²) in [4.78, 5) is 19.2. The lowest BCUT2D eigenvalue weighted by Crippen LogP contribution is -2.62. The minimum atomic E-state index is 0.285. The predicted octanol–water partition coefficient (Wildman–Crippen LogP) is 0.572. The lowest BCUT2D eigenvalue weighted by molar-refractivity contribution is 0.0733. The maximum absolute atomic E-state index is 12.5. The fourth-order valence-electron chi connectivity index (χ4n) is 3.27. The molecular formula is C14H26N4O. The zero-order valence-corrected chi connectivity index (χ0v) is 11.8. The van der Waals surface area contributed by atoms with Gasteiger partial charge in [0.15, 0.2) is 0 Å². The number of piperazine rings is 1. The van der Waals surface area contributed by atoms with E-state index in [0.717, 1.165) is 58.4 Å². The van der Waals surface area contributed by atoms with Gasteiger partial charge < -0.3 is 15.1 Å². The van der Waals surface area contributed by atoms with Gasteiger partial charge in [0.2, 0.25) is 0 Å². The molecule has 0 bridgehead atoms. The molecule has 0 aromatic carbocycles. The number of nitrogens with zero attached hydrogens (tertiary/aromatic N) is 3. The summed E-state index contributed by atoms with van der Waals surface area (Å²) in [5, 5.41) is 3.32. The molecule has 3 saturated heterocycles. The van der Waals surface area contributed by atoms with Crippen LogP contribution in [0.25, 0.3) is 0 Å². The van der Waals surface area contributed by atoms with Gasteiger partial charge in [0.1, 0.15) is 0 Å². The molecule has 0 unspecified atom stereocenters. The van der Waals surface area contributed by atoms with Crippen molar-refractivity contribution in [3.05, 3.63) is 0 Å². The summed E-state index contributed by atoms with van der Waals surface area (Å²) in [6.45, 7) is 8.09. The van der Waals surface area contributed by atoms with Crippen molar-refractivity contribution in [1.29, 1.82) is 0 Å². The average Bonchev–Trinajstić information content (AvgIpc) is 2.65. The zero-order chi connectivity index (χ0) is 13.1. The van der Waals surface area contributed by atoms with Crippen LogP contribution in [0.15, 0.2) is 0 Å². The Morgan fingerprint density at radius 3 is 1.89 bits per heavy atom. The predicted molar refractivity (Wildman–Crippen MR) is 75.2 cm³/mol. The van der Waals surface area contributed by atoms with Crippen molar-refractivity contribution >= 4 is 6.03 Å². The zero-order valence-electron chi connectivity index (χ0n) is 11.8. The number of urea groups is 1. The molecule has 0 aromatic rings. The maximum Gasteiger partial charge on any atom is 0.320 e. The highest BCUT2D eigenvalue weighted by Gasteiger charge is 2.30. The van der Waals surface area contributed by atoms with Gasteiger partial charge in [-0.15, -0.1) is 0 Å². The molecule has 5 heteroatoms. The Labute approximate surface area is 115 Å². The molecule has 1 N–H and O–H groups in total. The first kappa shape index (κ1) is 13.2. The van der Waals surface area contributed by atoms with Crippen LogP contribution in [-0.2, 0) is 0 Å². The molecule has 108 valence electrons. The van der Waals surface area contributed by atoms with E-state index >= 15 is 0 Å². The minimum absolute atomic E-state index is 0.285. The average molecular weight is 266 g/mol. The summed E-state index contributed by atoms with van der Waals surface area (Å²) in [6, 6.07) is 1.00. The summed E-state index contributed by atoms with van der Waals surface area (Å²) in [6.07, 6.45) is 4.93. The lowest BCUT2D eigenvalue weighted by Gasteiger charge is -2.44. The van der Waals surface area contributed by atoms with Crippen LogP contribution in [0, 0.1) is 0 Å². The lowest BCUT2D eigenvalue weighted by atomic mass is 10.1. The molecular weight excluding hydrogens is 240 g/mol. The van der Waals surface area contributed by atoms with E-state index in [0.29, 0.717) is 0 Å². The number of likely N-dealkylation sites (tertiary alicyclic amines) is 1. The van der Waals surface area contributed by atoms with Gasteiger partial charge in [0.05, 0.1) is 0 Å². The highest BCUT2D eigenvalue weighted by Crippen LogP contribution is 2.14. The van der Waals surface area contributed by atoms with Crippen LogP contribution >= 0.6 is 0 Å². The normalized spacial score (nSPS) is 26.9. The largest absolute Gasteiger partial charge is 0.325 e. The summed E-state index contributed by atoms with van der Waals surface area (Å²) in [5.74, 6) is 0. The molecule has 3 fully saturated rings. The number of rotatable bonds is 1.